The van der Waals surface area contributed by atoms with Crippen LogP contribution in [0.1, 0.15) is 42.5 Å². The van der Waals surface area contributed by atoms with Crippen molar-refractivity contribution in [1.82, 2.24) is 0 Å². The third kappa shape index (κ3) is 2.58. The van der Waals surface area contributed by atoms with Crippen LogP contribution < -0.4 is 16.4 Å². The van der Waals surface area contributed by atoms with Crippen molar-refractivity contribution in [3.05, 3.63) is 23.8 Å². The van der Waals surface area contributed by atoms with Crippen molar-refractivity contribution < 1.29 is 9.90 Å². The van der Waals surface area contributed by atoms with E-state index in [0.717, 1.165) is 44.5 Å². The molecule has 1 aromatic carbocycles. The zero-order valence-corrected chi connectivity index (χ0v) is 12.2. The molecule has 1 aromatic rings. The molecule has 21 heavy (non-hydrogen) atoms. The van der Waals surface area contributed by atoms with Crippen LogP contribution in [0.4, 0.5) is 11.4 Å². The second-order valence-corrected chi connectivity index (χ2v) is 6.38. The highest BCUT2D eigenvalue weighted by molar-refractivity contribution is 5.99. The van der Waals surface area contributed by atoms with Gasteiger partial charge in [-0.15, -0.1) is 0 Å². The maximum atomic E-state index is 11.6. The van der Waals surface area contributed by atoms with E-state index in [-0.39, 0.29) is 5.92 Å². The molecule has 2 atom stereocenters. The summed E-state index contributed by atoms with van der Waals surface area (Å²) in [7, 11) is 0. The predicted molar refractivity (Wildman–Crippen MR) is 83.1 cm³/mol. The summed E-state index contributed by atoms with van der Waals surface area (Å²) in [6, 6.07) is 5.20. The molecular weight excluding hydrogens is 266 g/mol. The molecule has 5 nitrogen and oxygen atoms in total. The van der Waals surface area contributed by atoms with E-state index in [1.54, 1.807) is 12.1 Å². The van der Waals surface area contributed by atoms with Crippen LogP contribution in [0, 0.1) is 5.92 Å². The van der Waals surface area contributed by atoms with Gasteiger partial charge in [0.1, 0.15) is 0 Å². The van der Waals surface area contributed by atoms with Gasteiger partial charge in [-0.2, -0.15) is 0 Å². The number of hydrogen-bond acceptors (Lipinski definition) is 4. The highest BCUT2D eigenvalue weighted by Crippen LogP contribution is 2.41. The van der Waals surface area contributed by atoms with E-state index in [9.17, 15) is 9.90 Å². The Balaban J connectivity index is 1.88. The van der Waals surface area contributed by atoms with Gasteiger partial charge in [0.15, 0.2) is 0 Å². The number of piperidine rings is 1. The number of nitrogen functional groups attached to an aromatic ring is 1. The first-order valence-electron chi connectivity index (χ1n) is 7.66. The lowest BCUT2D eigenvalue weighted by Crippen LogP contribution is -2.53. The average molecular weight is 289 g/mol. The fraction of sp³-hybridized carbons (Fsp3) is 0.562. The molecular formula is C16H23N3O2. The predicted octanol–water partition coefficient (Wildman–Crippen LogP) is 1.50. The lowest BCUT2D eigenvalue weighted by molar-refractivity contribution is -0.0612. The maximum absolute atomic E-state index is 11.6. The Hall–Kier alpha value is -1.75. The van der Waals surface area contributed by atoms with Crippen LogP contribution in [0.5, 0.6) is 0 Å². The number of carbonyl (C=O) groups is 1. The van der Waals surface area contributed by atoms with Gasteiger partial charge >= 0.3 is 0 Å². The molecule has 1 saturated carbocycles. The van der Waals surface area contributed by atoms with Gasteiger partial charge in [0.2, 0.25) is 0 Å². The minimum Gasteiger partial charge on any atom is -0.399 e. The molecule has 3 rings (SSSR count). The van der Waals surface area contributed by atoms with Gasteiger partial charge in [0.25, 0.3) is 5.91 Å². The molecule has 1 saturated heterocycles. The monoisotopic (exact) mass is 289 g/mol. The van der Waals surface area contributed by atoms with Gasteiger partial charge < -0.3 is 21.5 Å². The Kier molecular flexibility index (Phi) is 3.53. The fourth-order valence-electron chi connectivity index (χ4n) is 3.81. The number of carbonyl (C=O) groups excluding carboxylic acids is 1. The van der Waals surface area contributed by atoms with Gasteiger partial charge in [-0.25, -0.2) is 0 Å². The second kappa shape index (κ2) is 5.22. The van der Waals surface area contributed by atoms with Gasteiger partial charge in [-0.3, -0.25) is 4.79 Å². The molecule has 0 bridgehead atoms. The summed E-state index contributed by atoms with van der Waals surface area (Å²) >= 11 is 0. The van der Waals surface area contributed by atoms with Gasteiger partial charge in [-0.1, -0.05) is 12.8 Å². The molecule has 5 N–H and O–H groups in total. The van der Waals surface area contributed by atoms with Crippen LogP contribution in [0.3, 0.4) is 0 Å². The summed E-state index contributed by atoms with van der Waals surface area (Å²) in [6.07, 6.45) is 4.95. The molecule has 2 aliphatic rings. The zero-order chi connectivity index (χ0) is 15.0. The van der Waals surface area contributed by atoms with E-state index in [2.05, 4.69) is 4.90 Å². The summed E-state index contributed by atoms with van der Waals surface area (Å²) < 4.78 is 0. The number of rotatable bonds is 2. The number of aliphatic hydroxyl groups is 1. The molecule has 1 amide bonds. The molecule has 1 aliphatic carbocycles. The third-order valence-electron chi connectivity index (χ3n) is 5.06. The SMILES string of the molecule is NC(=O)c1ccc(N)cc1N1CCC2(O)CCCCC2C1. The molecule has 0 radical (unpaired) electrons. The number of primary amides is 1. The maximum Gasteiger partial charge on any atom is 0.250 e. The normalized spacial score (nSPS) is 29.0. The molecule has 2 fully saturated rings. The highest BCUT2D eigenvalue weighted by atomic mass is 16.3. The first kappa shape index (κ1) is 14.2. The molecule has 1 heterocycles. The van der Waals surface area contributed by atoms with E-state index in [4.69, 9.17) is 11.5 Å². The second-order valence-electron chi connectivity index (χ2n) is 6.38. The Bertz CT molecular complexity index is 560. The molecule has 0 aromatic heterocycles. The highest BCUT2D eigenvalue weighted by Gasteiger charge is 2.43. The minimum absolute atomic E-state index is 0.266. The van der Waals surface area contributed by atoms with Crippen molar-refractivity contribution in [2.45, 2.75) is 37.7 Å². The van der Waals surface area contributed by atoms with E-state index < -0.39 is 11.5 Å². The largest absolute Gasteiger partial charge is 0.399 e. The summed E-state index contributed by atoms with van der Waals surface area (Å²) in [6.45, 7) is 1.50. The van der Waals surface area contributed by atoms with Gasteiger partial charge in [0, 0.05) is 24.7 Å². The molecule has 5 heteroatoms. The van der Waals surface area contributed by atoms with Crippen LogP contribution in [0.2, 0.25) is 0 Å². The molecule has 1 aliphatic heterocycles. The van der Waals surface area contributed by atoms with Crippen LogP contribution in [0.15, 0.2) is 18.2 Å². The van der Waals surface area contributed by atoms with Crippen LogP contribution in [0.25, 0.3) is 0 Å². The number of amides is 1. The summed E-state index contributed by atoms with van der Waals surface area (Å²) in [5, 5.41) is 10.7. The Morgan fingerprint density at radius 2 is 2.14 bits per heavy atom. The number of anilines is 2. The van der Waals surface area contributed by atoms with Crippen molar-refractivity contribution in [2.24, 2.45) is 11.7 Å². The van der Waals surface area contributed by atoms with E-state index in [0.29, 0.717) is 11.3 Å². The molecule has 0 spiro atoms. The van der Waals surface area contributed by atoms with Crippen molar-refractivity contribution in [2.75, 3.05) is 23.7 Å². The number of nitrogens with two attached hydrogens (primary N) is 2. The van der Waals surface area contributed by atoms with Crippen LogP contribution in [-0.4, -0.2) is 29.7 Å². The van der Waals surface area contributed by atoms with Crippen LogP contribution in [-0.2, 0) is 0 Å². The first-order valence-corrected chi connectivity index (χ1v) is 7.66. The Morgan fingerprint density at radius 1 is 1.33 bits per heavy atom. The van der Waals surface area contributed by atoms with Crippen LogP contribution >= 0.6 is 0 Å². The van der Waals surface area contributed by atoms with Crippen molar-refractivity contribution >= 4 is 17.3 Å². The topological polar surface area (TPSA) is 92.6 Å². The van der Waals surface area contributed by atoms with Gasteiger partial charge in [-0.05, 0) is 37.5 Å². The van der Waals surface area contributed by atoms with Gasteiger partial charge in [0.05, 0.1) is 16.9 Å². The average Bonchev–Trinajstić information content (AvgIpc) is 2.45. The molecule has 114 valence electrons. The van der Waals surface area contributed by atoms with E-state index >= 15 is 0 Å². The molecule has 2 unspecified atom stereocenters. The first-order chi connectivity index (χ1) is 9.99. The Labute approximate surface area is 124 Å². The zero-order valence-electron chi connectivity index (χ0n) is 12.2. The third-order valence-corrected chi connectivity index (χ3v) is 5.06. The number of benzene rings is 1. The van der Waals surface area contributed by atoms with Crippen molar-refractivity contribution in [3.63, 3.8) is 0 Å². The standard InChI is InChI=1S/C16H23N3O2/c17-12-4-5-13(15(18)20)14(9-12)19-8-7-16(21)6-2-1-3-11(16)10-19/h4-5,9,11,21H,1-3,6-8,10,17H2,(H2,18,20). The lowest BCUT2D eigenvalue weighted by Gasteiger charge is -2.48. The van der Waals surface area contributed by atoms with Crippen molar-refractivity contribution in [3.8, 4) is 0 Å². The summed E-state index contributed by atoms with van der Waals surface area (Å²) in [4.78, 5) is 13.8. The van der Waals surface area contributed by atoms with E-state index in [1.807, 2.05) is 6.07 Å². The summed E-state index contributed by atoms with van der Waals surface area (Å²) in [5.74, 6) is -0.170. The summed E-state index contributed by atoms with van der Waals surface area (Å²) in [5.41, 5.74) is 12.7. The number of nitrogens with zero attached hydrogens (tertiary/aromatic N) is 1. The Morgan fingerprint density at radius 3 is 2.90 bits per heavy atom. The van der Waals surface area contributed by atoms with E-state index in [1.165, 1.54) is 6.42 Å². The number of fused-ring (bicyclic) bond motifs is 1. The van der Waals surface area contributed by atoms with Crippen molar-refractivity contribution in [1.29, 1.82) is 0 Å². The lowest BCUT2D eigenvalue weighted by atomic mass is 9.71. The fourth-order valence-corrected chi connectivity index (χ4v) is 3.81. The minimum atomic E-state index is -0.526. The smallest absolute Gasteiger partial charge is 0.250 e. The quantitative estimate of drug-likeness (QED) is 0.719. The number of hydrogen-bond donors (Lipinski definition) is 3.